The van der Waals surface area contributed by atoms with Crippen LogP contribution in [0.5, 0.6) is 0 Å². The van der Waals surface area contributed by atoms with Crippen molar-refractivity contribution in [2.45, 2.75) is 43.5 Å². The van der Waals surface area contributed by atoms with Gasteiger partial charge in [0, 0.05) is 24.2 Å². The van der Waals surface area contributed by atoms with Gasteiger partial charge in [0.25, 0.3) is 5.69 Å². The van der Waals surface area contributed by atoms with Crippen molar-refractivity contribution in [1.82, 2.24) is 4.90 Å². The zero-order valence-corrected chi connectivity index (χ0v) is 14.4. The summed E-state index contributed by atoms with van der Waals surface area (Å²) in [5.74, 6) is -0.590. The van der Waals surface area contributed by atoms with Gasteiger partial charge in [0.05, 0.1) is 15.6 Å². The number of primary amides is 1. The fourth-order valence-corrected chi connectivity index (χ4v) is 3.90. The van der Waals surface area contributed by atoms with Gasteiger partial charge in [-0.05, 0) is 31.9 Å². The molecule has 130 valence electrons. The van der Waals surface area contributed by atoms with Crippen LogP contribution >= 0.6 is 11.8 Å². The summed E-state index contributed by atoms with van der Waals surface area (Å²) in [5.41, 5.74) is 5.03. The molecule has 7 nitrogen and oxygen atoms in total. The Labute approximate surface area is 144 Å². The van der Waals surface area contributed by atoms with Crippen LogP contribution in [0, 0.1) is 10.1 Å². The molecule has 1 fully saturated rings. The number of thioether (sulfide) groups is 1. The normalized spacial score (nSPS) is 14.5. The van der Waals surface area contributed by atoms with E-state index in [9.17, 15) is 19.7 Å². The molecule has 1 aromatic rings. The maximum atomic E-state index is 12.5. The van der Waals surface area contributed by atoms with E-state index in [1.165, 1.54) is 12.1 Å². The molecule has 0 heterocycles. The van der Waals surface area contributed by atoms with E-state index in [-0.39, 0.29) is 29.0 Å². The van der Waals surface area contributed by atoms with E-state index in [0.717, 1.165) is 43.5 Å². The van der Waals surface area contributed by atoms with Gasteiger partial charge < -0.3 is 10.6 Å². The Kier molecular flexibility index (Phi) is 6.19. The third-order valence-corrected chi connectivity index (χ3v) is 5.27. The highest BCUT2D eigenvalue weighted by Gasteiger charge is 2.26. The Morgan fingerprint density at radius 3 is 2.58 bits per heavy atom. The average Bonchev–Trinajstić information content (AvgIpc) is 3.07. The molecule has 0 aromatic heterocycles. The Morgan fingerprint density at radius 2 is 2.04 bits per heavy atom. The number of benzene rings is 1. The predicted octanol–water partition coefficient (Wildman–Crippen LogP) is 2.58. The lowest BCUT2D eigenvalue weighted by molar-refractivity contribution is -0.387. The van der Waals surface area contributed by atoms with Crippen LogP contribution in [-0.4, -0.2) is 40.0 Å². The van der Waals surface area contributed by atoms with Crippen LogP contribution < -0.4 is 5.73 Å². The number of carbonyl (C=O) groups is 2. The molecule has 24 heavy (non-hydrogen) atoms. The number of nitrogens with zero attached hydrogens (tertiary/aromatic N) is 2. The van der Waals surface area contributed by atoms with Crippen LogP contribution in [0.15, 0.2) is 23.1 Å². The first kappa shape index (κ1) is 18.3. The molecule has 0 radical (unpaired) electrons. The Bertz CT molecular complexity index is 644. The predicted molar refractivity (Wildman–Crippen MR) is 92.0 cm³/mol. The molecule has 0 saturated heterocycles. The third kappa shape index (κ3) is 4.25. The van der Waals surface area contributed by atoms with E-state index in [1.54, 1.807) is 0 Å². The molecule has 0 unspecified atom stereocenters. The van der Waals surface area contributed by atoms with Crippen molar-refractivity contribution in [3.8, 4) is 0 Å². The van der Waals surface area contributed by atoms with Gasteiger partial charge in [0.15, 0.2) is 0 Å². The lowest BCUT2D eigenvalue weighted by Gasteiger charge is -2.27. The highest BCUT2D eigenvalue weighted by Crippen LogP contribution is 2.31. The van der Waals surface area contributed by atoms with Gasteiger partial charge in [-0.2, -0.15) is 0 Å². The van der Waals surface area contributed by atoms with E-state index in [1.807, 2.05) is 11.8 Å². The van der Waals surface area contributed by atoms with Gasteiger partial charge in [0.1, 0.15) is 0 Å². The highest BCUT2D eigenvalue weighted by molar-refractivity contribution is 8.00. The number of nitro benzene ring substituents is 1. The molecule has 1 aliphatic rings. The number of nitro groups is 1. The summed E-state index contributed by atoms with van der Waals surface area (Å²) in [6.45, 7) is 2.59. The molecular weight excluding hydrogens is 330 g/mol. The monoisotopic (exact) mass is 351 g/mol. The number of nitrogens with two attached hydrogens (primary N) is 1. The molecule has 1 aromatic carbocycles. The zero-order chi connectivity index (χ0) is 17.7. The van der Waals surface area contributed by atoms with Crippen molar-refractivity contribution in [2.75, 3.05) is 12.3 Å². The van der Waals surface area contributed by atoms with E-state index in [4.69, 9.17) is 5.73 Å². The zero-order valence-electron chi connectivity index (χ0n) is 13.6. The largest absolute Gasteiger partial charge is 0.366 e. The summed E-state index contributed by atoms with van der Waals surface area (Å²) < 4.78 is 0. The van der Waals surface area contributed by atoms with E-state index < -0.39 is 10.8 Å². The summed E-state index contributed by atoms with van der Waals surface area (Å²) in [6, 6.07) is 4.36. The molecule has 0 aliphatic heterocycles. The molecule has 0 bridgehead atoms. The fourth-order valence-electron chi connectivity index (χ4n) is 3.01. The lowest BCUT2D eigenvalue weighted by atomic mass is 10.2. The number of hydrogen-bond donors (Lipinski definition) is 1. The molecule has 2 rings (SSSR count). The van der Waals surface area contributed by atoms with Crippen LogP contribution in [0.3, 0.4) is 0 Å². The van der Waals surface area contributed by atoms with Crippen molar-refractivity contribution in [3.05, 3.63) is 33.9 Å². The standard InChI is InChI=1S/C16H21N3O4S/c1-2-18(12-5-3-4-6-12)15(20)10-24-14-8-7-11(16(17)21)9-13(14)19(22)23/h7-9,12H,2-6,10H2,1H3,(H2,17,21). The second-order valence-corrected chi connectivity index (χ2v) is 6.73. The summed E-state index contributed by atoms with van der Waals surface area (Å²) in [4.78, 5) is 36.5. The topological polar surface area (TPSA) is 107 Å². The maximum Gasteiger partial charge on any atom is 0.283 e. The fraction of sp³-hybridized carbons (Fsp3) is 0.500. The first-order chi connectivity index (χ1) is 11.4. The first-order valence-electron chi connectivity index (χ1n) is 7.94. The summed E-state index contributed by atoms with van der Waals surface area (Å²) in [6.07, 6.45) is 4.33. The molecular formula is C16H21N3O4S. The Balaban J connectivity index is 2.08. The molecule has 2 amide bonds. The van der Waals surface area contributed by atoms with Crippen LogP contribution in [0.2, 0.25) is 0 Å². The first-order valence-corrected chi connectivity index (χ1v) is 8.93. The molecule has 0 spiro atoms. The Hall–Kier alpha value is -2.09. The van der Waals surface area contributed by atoms with E-state index in [0.29, 0.717) is 11.4 Å². The third-order valence-electron chi connectivity index (χ3n) is 4.22. The molecule has 8 heteroatoms. The van der Waals surface area contributed by atoms with Gasteiger partial charge in [-0.25, -0.2) is 0 Å². The molecule has 0 atom stereocenters. The number of carbonyl (C=O) groups excluding carboxylic acids is 2. The van der Waals surface area contributed by atoms with Crippen LogP contribution in [0.4, 0.5) is 5.69 Å². The minimum Gasteiger partial charge on any atom is -0.366 e. The van der Waals surface area contributed by atoms with E-state index >= 15 is 0 Å². The smallest absolute Gasteiger partial charge is 0.283 e. The molecule has 2 N–H and O–H groups in total. The summed E-state index contributed by atoms with van der Waals surface area (Å²) >= 11 is 1.12. The van der Waals surface area contributed by atoms with Crippen molar-refractivity contribution >= 4 is 29.3 Å². The second kappa shape index (κ2) is 8.14. The lowest BCUT2D eigenvalue weighted by Crippen LogP contribution is -2.39. The van der Waals surface area contributed by atoms with Crippen molar-refractivity contribution in [2.24, 2.45) is 5.73 Å². The van der Waals surface area contributed by atoms with Gasteiger partial charge in [-0.3, -0.25) is 19.7 Å². The quantitative estimate of drug-likeness (QED) is 0.461. The SMILES string of the molecule is CCN(C(=O)CSc1ccc(C(N)=O)cc1[N+](=O)[O-])C1CCCC1. The number of hydrogen-bond acceptors (Lipinski definition) is 5. The highest BCUT2D eigenvalue weighted by atomic mass is 32.2. The van der Waals surface area contributed by atoms with Gasteiger partial charge in [-0.1, -0.05) is 12.8 Å². The van der Waals surface area contributed by atoms with Crippen molar-refractivity contribution in [1.29, 1.82) is 0 Å². The van der Waals surface area contributed by atoms with Gasteiger partial charge >= 0.3 is 0 Å². The summed E-state index contributed by atoms with van der Waals surface area (Å²) in [7, 11) is 0. The molecule has 1 aliphatic carbocycles. The maximum absolute atomic E-state index is 12.5. The Morgan fingerprint density at radius 1 is 1.38 bits per heavy atom. The molecule has 1 saturated carbocycles. The minimum atomic E-state index is -0.718. The average molecular weight is 351 g/mol. The van der Waals surface area contributed by atoms with Crippen LogP contribution in [0.1, 0.15) is 43.0 Å². The van der Waals surface area contributed by atoms with Crippen LogP contribution in [-0.2, 0) is 4.79 Å². The van der Waals surface area contributed by atoms with E-state index in [2.05, 4.69) is 0 Å². The summed E-state index contributed by atoms with van der Waals surface area (Å²) in [5, 5.41) is 11.2. The number of amides is 2. The van der Waals surface area contributed by atoms with Crippen LogP contribution in [0.25, 0.3) is 0 Å². The number of rotatable bonds is 7. The van der Waals surface area contributed by atoms with Crippen molar-refractivity contribution < 1.29 is 14.5 Å². The second-order valence-electron chi connectivity index (χ2n) is 5.71. The van der Waals surface area contributed by atoms with Gasteiger partial charge in [0.2, 0.25) is 11.8 Å². The minimum absolute atomic E-state index is 0.0114. The van der Waals surface area contributed by atoms with Gasteiger partial charge in [-0.15, -0.1) is 11.8 Å². The van der Waals surface area contributed by atoms with Crippen molar-refractivity contribution in [3.63, 3.8) is 0 Å².